The highest BCUT2D eigenvalue weighted by Gasteiger charge is 2.03. The fourth-order valence-corrected chi connectivity index (χ4v) is 1.86. The highest BCUT2D eigenvalue weighted by molar-refractivity contribution is 7.99. The van der Waals surface area contributed by atoms with E-state index in [-0.39, 0.29) is 19.0 Å². The van der Waals surface area contributed by atoms with Crippen LogP contribution in [0.4, 0.5) is 4.39 Å². The molecule has 0 aromatic heterocycles. The molecule has 0 heterocycles. The Morgan fingerprint density at radius 3 is 2.64 bits per heavy atom. The molecule has 0 aliphatic carbocycles. The summed E-state index contributed by atoms with van der Waals surface area (Å²) in [6.07, 6.45) is 0.659. The second-order valence-corrected chi connectivity index (χ2v) is 3.99. The Hall–Kier alpha value is -0.580. The van der Waals surface area contributed by atoms with E-state index < -0.39 is 0 Å². The van der Waals surface area contributed by atoms with E-state index in [0.29, 0.717) is 22.6 Å². The van der Waals surface area contributed by atoms with Crippen molar-refractivity contribution in [1.29, 1.82) is 0 Å². The predicted molar refractivity (Wildman–Crippen MR) is 54.7 cm³/mol. The lowest BCUT2D eigenvalue weighted by Gasteiger charge is -2.03. The molecule has 0 aliphatic heterocycles. The third-order valence-corrected chi connectivity index (χ3v) is 2.87. The molecule has 0 bridgehead atoms. The summed E-state index contributed by atoms with van der Waals surface area (Å²) < 4.78 is 13.3. The quantitative estimate of drug-likeness (QED) is 0.582. The van der Waals surface area contributed by atoms with Crippen molar-refractivity contribution >= 4 is 11.8 Å². The predicted octanol–water partition coefficient (Wildman–Crippen LogP) is 1.79. The van der Waals surface area contributed by atoms with Gasteiger partial charge < -0.3 is 10.2 Å². The van der Waals surface area contributed by atoms with Crippen molar-refractivity contribution in [2.75, 3.05) is 12.4 Å². The van der Waals surface area contributed by atoms with Crippen molar-refractivity contribution in [1.82, 2.24) is 0 Å². The van der Waals surface area contributed by atoms with Crippen LogP contribution in [0.3, 0.4) is 0 Å². The number of aliphatic hydroxyl groups is 2. The molecule has 1 rings (SSSR count). The third kappa shape index (κ3) is 3.29. The minimum atomic E-state index is -0.306. The number of halogens is 1. The van der Waals surface area contributed by atoms with Gasteiger partial charge in [-0.05, 0) is 24.1 Å². The molecular weight excluding hydrogens is 203 g/mol. The number of thioether (sulfide) groups is 1. The number of hydrogen-bond acceptors (Lipinski definition) is 3. The lowest BCUT2D eigenvalue weighted by atomic mass is 10.2. The lowest BCUT2D eigenvalue weighted by molar-refractivity contribution is 0.281. The minimum absolute atomic E-state index is 0.128. The van der Waals surface area contributed by atoms with Gasteiger partial charge in [-0.15, -0.1) is 11.8 Å². The summed E-state index contributed by atoms with van der Waals surface area (Å²) >= 11 is 1.37. The maximum absolute atomic E-state index is 13.3. The second kappa shape index (κ2) is 6.01. The summed E-state index contributed by atoms with van der Waals surface area (Å²) in [6, 6.07) is 4.69. The average molecular weight is 216 g/mol. The highest BCUT2D eigenvalue weighted by atomic mass is 32.2. The normalized spacial score (nSPS) is 10.5. The number of benzene rings is 1. The molecule has 0 saturated carbocycles. The molecule has 4 heteroatoms. The smallest absolute Gasteiger partial charge is 0.137 e. The van der Waals surface area contributed by atoms with E-state index in [9.17, 15) is 4.39 Å². The van der Waals surface area contributed by atoms with Crippen LogP contribution in [0.15, 0.2) is 23.1 Å². The van der Waals surface area contributed by atoms with Crippen molar-refractivity contribution in [2.45, 2.75) is 17.9 Å². The molecule has 0 aliphatic rings. The van der Waals surface area contributed by atoms with E-state index >= 15 is 0 Å². The molecule has 0 fully saturated rings. The van der Waals surface area contributed by atoms with Gasteiger partial charge in [0, 0.05) is 17.3 Å². The zero-order valence-corrected chi connectivity index (χ0v) is 8.56. The van der Waals surface area contributed by atoms with E-state index in [1.54, 1.807) is 12.1 Å². The summed E-state index contributed by atoms with van der Waals surface area (Å²) in [6.45, 7) is -0.0121. The van der Waals surface area contributed by atoms with Gasteiger partial charge in [0.1, 0.15) is 5.82 Å². The van der Waals surface area contributed by atoms with Gasteiger partial charge in [0.2, 0.25) is 0 Å². The first-order valence-electron chi connectivity index (χ1n) is 4.41. The molecular formula is C10H13FO2S. The Bertz CT molecular complexity index is 291. The van der Waals surface area contributed by atoms with Gasteiger partial charge in [-0.1, -0.05) is 6.07 Å². The SMILES string of the molecule is OCCCSc1ccc(CO)cc1F. The maximum Gasteiger partial charge on any atom is 0.137 e. The Morgan fingerprint density at radius 2 is 2.07 bits per heavy atom. The first-order valence-corrected chi connectivity index (χ1v) is 5.39. The lowest BCUT2D eigenvalue weighted by Crippen LogP contribution is -1.90. The van der Waals surface area contributed by atoms with Crippen LogP contribution in [0, 0.1) is 5.82 Å². The molecule has 78 valence electrons. The van der Waals surface area contributed by atoms with Crippen LogP contribution in [0.25, 0.3) is 0 Å². The Morgan fingerprint density at radius 1 is 1.29 bits per heavy atom. The zero-order chi connectivity index (χ0) is 10.4. The number of hydrogen-bond donors (Lipinski definition) is 2. The first-order chi connectivity index (χ1) is 6.77. The van der Waals surface area contributed by atoms with Gasteiger partial charge in [0.15, 0.2) is 0 Å². The van der Waals surface area contributed by atoms with Gasteiger partial charge in [0.25, 0.3) is 0 Å². The van der Waals surface area contributed by atoms with Crippen molar-refractivity contribution < 1.29 is 14.6 Å². The van der Waals surface area contributed by atoms with Crippen LogP contribution in [-0.4, -0.2) is 22.6 Å². The van der Waals surface area contributed by atoms with Crippen molar-refractivity contribution in [3.63, 3.8) is 0 Å². The standard InChI is InChI=1S/C10H13FO2S/c11-9-6-8(7-13)2-3-10(9)14-5-1-4-12/h2-3,6,12-13H,1,4-5,7H2. The fourth-order valence-electron chi connectivity index (χ4n) is 1.01. The Labute approximate surface area is 86.8 Å². The largest absolute Gasteiger partial charge is 0.396 e. The highest BCUT2D eigenvalue weighted by Crippen LogP contribution is 2.23. The molecule has 2 nitrogen and oxygen atoms in total. The summed E-state index contributed by atoms with van der Waals surface area (Å²) in [4.78, 5) is 0.565. The van der Waals surface area contributed by atoms with Crippen molar-refractivity contribution in [2.24, 2.45) is 0 Å². The Balaban J connectivity index is 2.59. The fraction of sp³-hybridized carbons (Fsp3) is 0.400. The van der Waals surface area contributed by atoms with Crippen LogP contribution in [0.2, 0.25) is 0 Å². The molecule has 2 N–H and O–H groups in total. The van der Waals surface area contributed by atoms with Crippen LogP contribution >= 0.6 is 11.8 Å². The van der Waals surface area contributed by atoms with Crippen LogP contribution in [0.1, 0.15) is 12.0 Å². The zero-order valence-electron chi connectivity index (χ0n) is 7.74. The molecule has 0 unspecified atom stereocenters. The van der Waals surface area contributed by atoms with Crippen LogP contribution in [-0.2, 0) is 6.61 Å². The van der Waals surface area contributed by atoms with Gasteiger partial charge >= 0.3 is 0 Å². The van der Waals surface area contributed by atoms with E-state index in [0.717, 1.165) is 0 Å². The maximum atomic E-state index is 13.3. The molecule has 0 radical (unpaired) electrons. The van der Waals surface area contributed by atoms with E-state index in [1.165, 1.54) is 17.8 Å². The van der Waals surface area contributed by atoms with Gasteiger partial charge in [-0.3, -0.25) is 0 Å². The van der Waals surface area contributed by atoms with E-state index in [2.05, 4.69) is 0 Å². The van der Waals surface area contributed by atoms with Crippen molar-refractivity contribution in [3.8, 4) is 0 Å². The topological polar surface area (TPSA) is 40.5 Å². The number of aliphatic hydroxyl groups excluding tert-OH is 2. The Kier molecular flexibility index (Phi) is 4.93. The average Bonchev–Trinajstić information content (AvgIpc) is 2.20. The number of rotatable bonds is 5. The summed E-state index contributed by atoms with van der Waals surface area (Å²) in [5.74, 6) is 0.394. The summed E-state index contributed by atoms with van der Waals surface area (Å²) in [5, 5.41) is 17.3. The monoisotopic (exact) mass is 216 g/mol. The van der Waals surface area contributed by atoms with Gasteiger partial charge in [-0.2, -0.15) is 0 Å². The first kappa shape index (κ1) is 11.5. The molecule has 0 spiro atoms. The molecule has 0 amide bonds. The van der Waals surface area contributed by atoms with Crippen molar-refractivity contribution in [3.05, 3.63) is 29.6 Å². The van der Waals surface area contributed by atoms with Crippen LogP contribution < -0.4 is 0 Å². The third-order valence-electron chi connectivity index (χ3n) is 1.74. The molecule has 1 aromatic rings. The summed E-state index contributed by atoms with van der Waals surface area (Å²) in [5.41, 5.74) is 0.578. The minimum Gasteiger partial charge on any atom is -0.396 e. The summed E-state index contributed by atoms with van der Waals surface area (Å²) in [7, 11) is 0. The second-order valence-electron chi connectivity index (χ2n) is 2.85. The van der Waals surface area contributed by atoms with Gasteiger partial charge in [-0.25, -0.2) is 4.39 Å². The van der Waals surface area contributed by atoms with E-state index in [4.69, 9.17) is 10.2 Å². The molecule has 14 heavy (non-hydrogen) atoms. The molecule has 0 atom stereocenters. The molecule has 0 saturated heterocycles. The van der Waals surface area contributed by atoms with E-state index in [1.807, 2.05) is 0 Å². The van der Waals surface area contributed by atoms with Gasteiger partial charge in [0.05, 0.1) is 6.61 Å². The van der Waals surface area contributed by atoms with Crippen LogP contribution in [0.5, 0.6) is 0 Å². The molecule has 1 aromatic carbocycles.